The van der Waals surface area contributed by atoms with E-state index in [2.05, 4.69) is 18.2 Å². The van der Waals surface area contributed by atoms with Gasteiger partial charge >= 0.3 is 0 Å². The average Bonchev–Trinajstić information content (AvgIpc) is 1.83. The summed E-state index contributed by atoms with van der Waals surface area (Å²) in [5.41, 5.74) is 0. The van der Waals surface area contributed by atoms with Gasteiger partial charge in [0.1, 0.15) is 0 Å². The van der Waals surface area contributed by atoms with Gasteiger partial charge in [-0.2, -0.15) is 0 Å². The summed E-state index contributed by atoms with van der Waals surface area (Å²) in [5.74, 6) is 0. The molecule has 0 aromatic heterocycles. The standard InChI is InChI=1S/C6H10N2.CH4/c1-4-7-6-8(3)5-2;/h4-6H,1-2H2,3H3;1H4. The fourth-order valence-corrected chi connectivity index (χ4v) is 0.199. The maximum absolute atomic E-state index is 3.74. The van der Waals surface area contributed by atoms with Crippen molar-refractivity contribution in [3.05, 3.63) is 25.6 Å². The van der Waals surface area contributed by atoms with Crippen molar-refractivity contribution in [2.45, 2.75) is 7.43 Å². The van der Waals surface area contributed by atoms with Gasteiger partial charge in [-0.3, -0.25) is 0 Å². The first-order valence-corrected chi connectivity index (χ1v) is 2.30. The van der Waals surface area contributed by atoms with Gasteiger partial charge in [-0.15, -0.1) is 0 Å². The lowest BCUT2D eigenvalue weighted by atomic mass is 10.8. The van der Waals surface area contributed by atoms with Crippen molar-refractivity contribution in [2.24, 2.45) is 4.99 Å². The number of hydrogen-bond donors (Lipinski definition) is 0. The zero-order valence-electron chi connectivity index (χ0n) is 5.04. The van der Waals surface area contributed by atoms with Gasteiger partial charge in [-0.25, -0.2) is 4.99 Å². The maximum atomic E-state index is 3.74. The van der Waals surface area contributed by atoms with E-state index in [1.54, 1.807) is 17.4 Å². The summed E-state index contributed by atoms with van der Waals surface area (Å²) in [6.07, 6.45) is 4.76. The molecule has 0 spiro atoms. The SMILES string of the molecule is C.C=CN=CN(C)C=C. The summed E-state index contributed by atoms with van der Waals surface area (Å²) in [6.45, 7) is 6.92. The molecule has 0 saturated carbocycles. The van der Waals surface area contributed by atoms with Crippen LogP contribution in [0.15, 0.2) is 30.6 Å². The lowest BCUT2D eigenvalue weighted by Gasteiger charge is -2.01. The van der Waals surface area contributed by atoms with E-state index in [1.165, 1.54) is 6.20 Å². The molecule has 2 heteroatoms. The van der Waals surface area contributed by atoms with Gasteiger partial charge in [0.15, 0.2) is 0 Å². The Balaban J connectivity index is 0. The van der Waals surface area contributed by atoms with E-state index in [9.17, 15) is 0 Å². The van der Waals surface area contributed by atoms with E-state index in [1.807, 2.05) is 7.05 Å². The van der Waals surface area contributed by atoms with E-state index in [0.29, 0.717) is 0 Å². The molecule has 0 saturated heterocycles. The number of aliphatic imine (C=N–C) groups is 1. The summed E-state index contributed by atoms with van der Waals surface area (Å²) in [5, 5.41) is 0. The van der Waals surface area contributed by atoms with Gasteiger partial charge in [0.25, 0.3) is 0 Å². The quantitative estimate of drug-likeness (QED) is 0.416. The highest BCUT2D eigenvalue weighted by Crippen LogP contribution is 1.74. The molecule has 0 radical (unpaired) electrons. The molecule has 0 heterocycles. The van der Waals surface area contributed by atoms with E-state index in [4.69, 9.17) is 0 Å². The largest absolute Gasteiger partial charge is 0.343 e. The van der Waals surface area contributed by atoms with E-state index >= 15 is 0 Å². The summed E-state index contributed by atoms with van der Waals surface area (Å²) in [7, 11) is 1.85. The predicted molar refractivity (Wildman–Crippen MR) is 43.4 cm³/mol. The molecule has 0 unspecified atom stereocenters. The summed E-state index contributed by atoms with van der Waals surface area (Å²) >= 11 is 0. The van der Waals surface area contributed by atoms with Crippen LogP contribution in [0.25, 0.3) is 0 Å². The molecule has 0 rings (SSSR count). The van der Waals surface area contributed by atoms with Crippen LogP contribution in [0.1, 0.15) is 7.43 Å². The van der Waals surface area contributed by atoms with Crippen molar-refractivity contribution >= 4 is 6.34 Å². The van der Waals surface area contributed by atoms with Crippen LogP contribution < -0.4 is 0 Å². The number of nitrogens with zero attached hydrogens (tertiary/aromatic N) is 2. The molecule has 0 fully saturated rings. The van der Waals surface area contributed by atoms with E-state index < -0.39 is 0 Å². The van der Waals surface area contributed by atoms with Crippen molar-refractivity contribution in [1.29, 1.82) is 0 Å². The van der Waals surface area contributed by atoms with Gasteiger partial charge in [-0.1, -0.05) is 20.6 Å². The maximum Gasteiger partial charge on any atom is 0.0941 e. The molecule has 9 heavy (non-hydrogen) atoms. The fourth-order valence-electron chi connectivity index (χ4n) is 0.199. The van der Waals surface area contributed by atoms with Crippen LogP contribution in [0.2, 0.25) is 0 Å². The molecule has 0 aromatic carbocycles. The number of hydrogen-bond acceptors (Lipinski definition) is 1. The van der Waals surface area contributed by atoms with Gasteiger partial charge in [0, 0.05) is 13.2 Å². The van der Waals surface area contributed by atoms with Crippen molar-refractivity contribution in [2.75, 3.05) is 7.05 Å². The lowest BCUT2D eigenvalue weighted by Crippen LogP contribution is -2.04. The Bertz CT molecular complexity index is 105. The van der Waals surface area contributed by atoms with Crippen molar-refractivity contribution in [1.82, 2.24) is 4.90 Å². The summed E-state index contributed by atoms with van der Waals surface area (Å²) in [6, 6.07) is 0. The van der Waals surface area contributed by atoms with Crippen LogP contribution >= 0.6 is 0 Å². The second-order valence-electron chi connectivity index (χ2n) is 1.30. The van der Waals surface area contributed by atoms with Crippen LogP contribution in [0.5, 0.6) is 0 Å². The van der Waals surface area contributed by atoms with Crippen molar-refractivity contribution in [3.8, 4) is 0 Å². The minimum Gasteiger partial charge on any atom is -0.343 e. The summed E-state index contributed by atoms with van der Waals surface area (Å²) in [4.78, 5) is 5.47. The monoisotopic (exact) mass is 126 g/mol. The molecule has 0 aliphatic carbocycles. The Morgan fingerprint density at radius 3 is 2.33 bits per heavy atom. The van der Waals surface area contributed by atoms with Crippen LogP contribution in [-0.2, 0) is 0 Å². The van der Waals surface area contributed by atoms with Gasteiger partial charge < -0.3 is 4.90 Å². The fraction of sp³-hybridized carbons (Fsp3) is 0.286. The Kier molecular flexibility index (Phi) is 8.38. The highest BCUT2D eigenvalue weighted by atomic mass is 15.1. The van der Waals surface area contributed by atoms with Crippen LogP contribution in [-0.4, -0.2) is 18.3 Å². The molecule has 2 nitrogen and oxygen atoms in total. The normalized spacial score (nSPS) is 8.11. The van der Waals surface area contributed by atoms with Crippen LogP contribution in [0.4, 0.5) is 0 Å². The van der Waals surface area contributed by atoms with Gasteiger partial charge in [0.2, 0.25) is 0 Å². The van der Waals surface area contributed by atoms with Gasteiger partial charge in [0.05, 0.1) is 6.34 Å². The first-order valence-electron chi connectivity index (χ1n) is 2.30. The molecular formula is C7H14N2. The number of rotatable bonds is 3. The minimum atomic E-state index is 0. The molecule has 0 aliphatic rings. The molecule has 0 amide bonds. The van der Waals surface area contributed by atoms with Gasteiger partial charge in [-0.05, 0) is 6.20 Å². The lowest BCUT2D eigenvalue weighted by molar-refractivity contribution is 0.713. The highest BCUT2D eigenvalue weighted by molar-refractivity contribution is 5.56. The molecule has 0 aromatic rings. The Morgan fingerprint density at radius 1 is 1.44 bits per heavy atom. The van der Waals surface area contributed by atoms with Crippen LogP contribution in [0, 0.1) is 0 Å². The van der Waals surface area contributed by atoms with Crippen molar-refractivity contribution in [3.63, 3.8) is 0 Å². The first-order chi connectivity index (χ1) is 3.81. The molecule has 52 valence electrons. The Morgan fingerprint density at radius 2 is 2.00 bits per heavy atom. The summed E-state index contributed by atoms with van der Waals surface area (Å²) < 4.78 is 0. The predicted octanol–water partition coefficient (Wildman–Crippen LogP) is 1.87. The molecule has 0 atom stereocenters. The molecule has 0 bridgehead atoms. The Labute approximate surface area is 57.2 Å². The molecule has 0 aliphatic heterocycles. The minimum absolute atomic E-state index is 0. The second-order valence-corrected chi connectivity index (χ2v) is 1.30. The first kappa shape index (κ1) is 10.8. The van der Waals surface area contributed by atoms with Crippen molar-refractivity contribution < 1.29 is 0 Å². The Hall–Kier alpha value is -1.05. The topological polar surface area (TPSA) is 15.6 Å². The third kappa shape index (κ3) is 6.95. The zero-order valence-corrected chi connectivity index (χ0v) is 5.04. The highest BCUT2D eigenvalue weighted by Gasteiger charge is 1.73. The smallest absolute Gasteiger partial charge is 0.0941 e. The second kappa shape index (κ2) is 6.95. The van der Waals surface area contributed by atoms with E-state index in [-0.39, 0.29) is 7.43 Å². The van der Waals surface area contributed by atoms with Crippen LogP contribution in [0.3, 0.4) is 0 Å². The molecular weight excluding hydrogens is 112 g/mol. The molecule has 0 N–H and O–H groups in total. The third-order valence-corrected chi connectivity index (χ3v) is 0.642. The van der Waals surface area contributed by atoms with E-state index in [0.717, 1.165) is 0 Å². The zero-order chi connectivity index (χ0) is 6.41. The third-order valence-electron chi connectivity index (χ3n) is 0.642. The average molecular weight is 126 g/mol.